The van der Waals surface area contributed by atoms with Gasteiger partial charge in [0, 0.05) is 17.0 Å². The van der Waals surface area contributed by atoms with Crippen LogP contribution in [0.1, 0.15) is 30.0 Å². The van der Waals surface area contributed by atoms with Crippen LogP contribution in [0.4, 0.5) is 0 Å². The largest absolute Gasteiger partial charge is 0.497 e. The predicted octanol–water partition coefficient (Wildman–Crippen LogP) is 4.81. The summed E-state index contributed by atoms with van der Waals surface area (Å²) in [6, 6.07) is 15.5. The number of benzene rings is 2. The molecule has 0 N–H and O–H groups in total. The molecule has 1 atom stereocenters. The normalized spacial score (nSPS) is 15.5. The van der Waals surface area contributed by atoms with Gasteiger partial charge in [0.2, 0.25) is 5.91 Å². The fourth-order valence-corrected chi connectivity index (χ4v) is 6.01. The molecule has 180 valence electrons. The summed E-state index contributed by atoms with van der Waals surface area (Å²) in [7, 11) is 3.24. The Balaban J connectivity index is 1.45. The Kier molecular flexibility index (Phi) is 6.30. The molecule has 7 nitrogen and oxygen atoms in total. The molecule has 1 unspecified atom stereocenters. The van der Waals surface area contributed by atoms with E-state index in [0.29, 0.717) is 22.5 Å². The van der Waals surface area contributed by atoms with E-state index >= 15 is 0 Å². The van der Waals surface area contributed by atoms with E-state index in [0.717, 1.165) is 40.2 Å². The summed E-state index contributed by atoms with van der Waals surface area (Å²) in [4.78, 5) is 34.9. The van der Waals surface area contributed by atoms with Crippen LogP contribution in [0.2, 0.25) is 0 Å². The SMILES string of the molecule is COc1ccc(OC)c(C2CCCN2C(=O)Cn2cnc3sc(-c4ccccc4)c(C)c3c2=O)c1. The van der Waals surface area contributed by atoms with Gasteiger partial charge >= 0.3 is 0 Å². The van der Waals surface area contributed by atoms with E-state index in [1.807, 2.05) is 60.4 Å². The van der Waals surface area contributed by atoms with Crippen molar-refractivity contribution in [3.63, 3.8) is 0 Å². The monoisotopic (exact) mass is 489 g/mol. The first-order valence-corrected chi connectivity index (χ1v) is 12.4. The van der Waals surface area contributed by atoms with Crippen molar-refractivity contribution in [2.45, 2.75) is 32.4 Å². The number of amides is 1. The van der Waals surface area contributed by atoms with Crippen LogP contribution in [0, 0.1) is 6.92 Å². The molecular weight excluding hydrogens is 462 g/mol. The number of aryl methyl sites for hydroxylation is 1. The summed E-state index contributed by atoms with van der Waals surface area (Å²) >= 11 is 1.50. The van der Waals surface area contributed by atoms with Crippen LogP contribution < -0.4 is 15.0 Å². The molecule has 1 saturated heterocycles. The first-order chi connectivity index (χ1) is 17.0. The number of nitrogens with zero attached hydrogens (tertiary/aromatic N) is 3. The third-order valence-electron chi connectivity index (χ3n) is 6.63. The number of hydrogen-bond acceptors (Lipinski definition) is 6. The second kappa shape index (κ2) is 9.54. The molecule has 1 aliphatic rings. The Labute approximate surface area is 207 Å². The van der Waals surface area contributed by atoms with Gasteiger partial charge in [-0.3, -0.25) is 14.2 Å². The van der Waals surface area contributed by atoms with Crippen molar-refractivity contribution in [2.24, 2.45) is 0 Å². The molecule has 1 fully saturated rings. The molecule has 35 heavy (non-hydrogen) atoms. The predicted molar refractivity (Wildman–Crippen MR) is 137 cm³/mol. The number of likely N-dealkylation sites (tertiary alicyclic amines) is 1. The Morgan fingerprint density at radius 3 is 2.69 bits per heavy atom. The molecule has 8 heteroatoms. The Morgan fingerprint density at radius 1 is 1.14 bits per heavy atom. The smallest absolute Gasteiger partial charge is 0.262 e. The minimum absolute atomic E-state index is 0.0550. The second-order valence-electron chi connectivity index (χ2n) is 8.63. The van der Waals surface area contributed by atoms with E-state index in [4.69, 9.17) is 9.47 Å². The summed E-state index contributed by atoms with van der Waals surface area (Å²) in [6.45, 7) is 2.52. The zero-order valence-corrected chi connectivity index (χ0v) is 20.8. The lowest BCUT2D eigenvalue weighted by atomic mass is 10.0. The molecular formula is C27H27N3O4S. The maximum Gasteiger partial charge on any atom is 0.262 e. The molecule has 0 bridgehead atoms. The number of aromatic nitrogens is 2. The molecule has 1 amide bonds. The highest BCUT2D eigenvalue weighted by Gasteiger charge is 2.32. The number of hydrogen-bond donors (Lipinski definition) is 0. The second-order valence-corrected chi connectivity index (χ2v) is 9.63. The molecule has 3 heterocycles. The summed E-state index contributed by atoms with van der Waals surface area (Å²) in [6.07, 6.45) is 3.20. The first-order valence-electron chi connectivity index (χ1n) is 11.6. The molecule has 2 aromatic heterocycles. The molecule has 1 aliphatic heterocycles. The van der Waals surface area contributed by atoms with Gasteiger partial charge in [-0.05, 0) is 49.1 Å². The number of rotatable bonds is 6. The molecule has 2 aromatic carbocycles. The number of carbonyl (C=O) groups is 1. The summed E-state index contributed by atoms with van der Waals surface area (Å²) in [5.74, 6) is 1.32. The van der Waals surface area contributed by atoms with Crippen molar-refractivity contribution < 1.29 is 14.3 Å². The van der Waals surface area contributed by atoms with Crippen LogP contribution in [0.15, 0.2) is 59.7 Å². The molecule has 0 saturated carbocycles. The summed E-state index contributed by atoms with van der Waals surface area (Å²) in [5.41, 5.74) is 2.69. The maximum atomic E-state index is 13.4. The van der Waals surface area contributed by atoms with E-state index in [1.54, 1.807) is 14.2 Å². The molecule has 0 radical (unpaired) electrons. The van der Waals surface area contributed by atoms with Gasteiger partial charge in [0.15, 0.2) is 0 Å². The number of methoxy groups -OCH3 is 2. The zero-order valence-electron chi connectivity index (χ0n) is 20.0. The van der Waals surface area contributed by atoms with Crippen LogP contribution in [-0.2, 0) is 11.3 Å². The fourth-order valence-electron chi connectivity index (χ4n) is 4.86. The van der Waals surface area contributed by atoms with Gasteiger partial charge in [-0.15, -0.1) is 11.3 Å². The molecule has 5 rings (SSSR count). The van der Waals surface area contributed by atoms with Crippen molar-refractivity contribution in [3.05, 3.63) is 76.3 Å². The lowest BCUT2D eigenvalue weighted by Gasteiger charge is -2.27. The van der Waals surface area contributed by atoms with Crippen LogP contribution in [0.3, 0.4) is 0 Å². The van der Waals surface area contributed by atoms with Gasteiger partial charge in [-0.25, -0.2) is 4.98 Å². The van der Waals surface area contributed by atoms with Crippen molar-refractivity contribution in [3.8, 4) is 21.9 Å². The van der Waals surface area contributed by atoms with Gasteiger partial charge in [-0.1, -0.05) is 30.3 Å². The van der Waals surface area contributed by atoms with Gasteiger partial charge in [0.05, 0.1) is 32.0 Å². The van der Waals surface area contributed by atoms with Gasteiger partial charge in [0.1, 0.15) is 22.9 Å². The lowest BCUT2D eigenvalue weighted by Crippen LogP contribution is -2.36. The third kappa shape index (κ3) is 4.18. The number of thiophene rings is 1. The quantitative estimate of drug-likeness (QED) is 0.388. The van der Waals surface area contributed by atoms with E-state index in [-0.39, 0.29) is 24.1 Å². The van der Waals surface area contributed by atoms with E-state index < -0.39 is 0 Å². The highest BCUT2D eigenvalue weighted by Crippen LogP contribution is 2.39. The van der Waals surface area contributed by atoms with Crippen molar-refractivity contribution in [2.75, 3.05) is 20.8 Å². The van der Waals surface area contributed by atoms with Crippen molar-refractivity contribution in [1.82, 2.24) is 14.5 Å². The van der Waals surface area contributed by atoms with Crippen LogP contribution in [0.5, 0.6) is 11.5 Å². The first kappa shape index (κ1) is 23.1. The number of fused-ring (bicyclic) bond motifs is 1. The minimum atomic E-state index is -0.186. The highest BCUT2D eigenvalue weighted by atomic mass is 32.1. The topological polar surface area (TPSA) is 73.7 Å². The Hall–Kier alpha value is -3.65. The van der Waals surface area contributed by atoms with Gasteiger partial charge < -0.3 is 14.4 Å². The number of carbonyl (C=O) groups excluding carboxylic acids is 1. The third-order valence-corrected chi connectivity index (χ3v) is 7.88. The molecule has 0 aliphatic carbocycles. The van der Waals surface area contributed by atoms with Crippen molar-refractivity contribution >= 4 is 27.5 Å². The van der Waals surface area contributed by atoms with E-state index in [1.165, 1.54) is 22.2 Å². The fraction of sp³-hybridized carbons (Fsp3) is 0.296. The highest BCUT2D eigenvalue weighted by molar-refractivity contribution is 7.22. The summed E-state index contributed by atoms with van der Waals surface area (Å²) < 4.78 is 12.4. The van der Waals surface area contributed by atoms with Gasteiger partial charge in [-0.2, -0.15) is 0 Å². The average molecular weight is 490 g/mol. The Morgan fingerprint density at radius 2 is 1.94 bits per heavy atom. The van der Waals surface area contributed by atoms with Crippen LogP contribution >= 0.6 is 11.3 Å². The van der Waals surface area contributed by atoms with Crippen LogP contribution in [-0.4, -0.2) is 41.1 Å². The zero-order chi connectivity index (χ0) is 24.5. The molecule has 0 spiro atoms. The van der Waals surface area contributed by atoms with E-state index in [9.17, 15) is 9.59 Å². The standard InChI is InChI=1S/C27H27N3O4S/c1-17-24-26(35-25(17)18-8-5-4-6-9-18)28-16-29(27(24)32)15-23(31)30-13-7-10-21(30)20-14-19(33-2)11-12-22(20)34-3/h4-6,8-9,11-12,14,16,21H,7,10,13,15H2,1-3H3. The van der Waals surface area contributed by atoms with Crippen molar-refractivity contribution in [1.29, 1.82) is 0 Å². The summed E-state index contributed by atoms with van der Waals surface area (Å²) in [5, 5.41) is 0.580. The lowest BCUT2D eigenvalue weighted by molar-refractivity contribution is -0.132. The van der Waals surface area contributed by atoms with Crippen LogP contribution in [0.25, 0.3) is 20.7 Å². The average Bonchev–Trinajstić information content (AvgIpc) is 3.51. The molecule has 4 aromatic rings. The van der Waals surface area contributed by atoms with E-state index in [2.05, 4.69) is 4.98 Å². The number of ether oxygens (including phenoxy) is 2. The maximum absolute atomic E-state index is 13.4. The minimum Gasteiger partial charge on any atom is -0.497 e. The Bertz CT molecular complexity index is 1440. The van der Waals surface area contributed by atoms with Gasteiger partial charge in [0.25, 0.3) is 5.56 Å².